The Labute approximate surface area is 55.6 Å². The van der Waals surface area contributed by atoms with E-state index in [-0.39, 0.29) is 0 Å². The van der Waals surface area contributed by atoms with Crippen LogP contribution in [0.5, 0.6) is 0 Å². The van der Waals surface area contributed by atoms with Crippen molar-refractivity contribution in [2.45, 2.75) is 12.6 Å². The summed E-state index contributed by atoms with van der Waals surface area (Å²) in [6.45, 7) is -0.860. The van der Waals surface area contributed by atoms with Gasteiger partial charge in [-0.1, -0.05) is 0 Å². The molecule has 0 aromatic heterocycles. The second kappa shape index (κ2) is 3.79. The molecule has 0 aromatic rings. The first-order valence-electron chi connectivity index (χ1n) is 2.42. The van der Waals surface area contributed by atoms with Crippen molar-refractivity contribution in [3.63, 3.8) is 0 Å². The van der Waals surface area contributed by atoms with E-state index in [1.807, 2.05) is 0 Å². The molecule has 0 fully saturated rings. The molecule has 0 radical (unpaired) electrons. The summed E-state index contributed by atoms with van der Waals surface area (Å²) in [4.78, 5) is 0. The Kier molecular flexibility index (Phi) is 3.69. The molecule has 0 aliphatic rings. The average Bonchev–Trinajstić information content (AvgIpc) is 1.59. The van der Waals surface area contributed by atoms with Crippen LogP contribution in [0.4, 0.5) is 13.2 Å². The number of hydrogen-bond donors (Lipinski definition) is 0. The lowest BCUT2D eigenvalue weighted by Crippen LogP contribution is -2.48. The summed E-state index contributed by atoms with van der Waals surface area (Å²) in [6.07, 6.45) is -5.62. The van der Waals surface area contributed by atoms with E-state index in [2.05, 4.69) is 4.65 Å². The predicted octanol–water partition coefficient (Wildman–Crippen LogP) is -1.34. The molecule has 10 heavy (non-hydrogen) atoms. The molecule has 3 nitrogen and oxygen atoms in total. The first-order chi connectivity index (χ1) is 4.42. The van der Waals surface area contributed by atoms with Gasteiger partial charge in [0, 0.05) is 6.61 Å². The number of hydrogen-bond acceptors (Lipinski definition) is 3. The molecule has 0 saturated heterocycles. The monoisotopic (exact) mass is 156 g/mol. The van der Waals surface area contributed by atoms with E-state index in [9.17, 15) is 23.2 Å². The zero-order chi connectivity index (χ0) is 8.20. The van der Waals surface area contributed by atoms with E-state index in [4.69, 9.17) is 0 Å². The molecule has 0 unspecified atom stereocenters. The SMILES string of the molecule is [O-]B([O-])OCCC(F)(F)F. The molecule has 60 valence electrons. The van der Waals surface area contributed by atoms with Crippen LogP contribution in [0.25, 0.3) is 0 Å². The van der Waals surface area contributed by atoms with Crippen LogP contribution in [0.2, 0.25) is 0 Å². The van der Waals surface area contributed by atoms with Crippen molar-refractivity contribution in [1.29, 1.82) is 0 Å². The van der Waals surface area contributed by atoms with Crippen LogP contribution in [0.3, 0.4) is 0 Å². The number of halogens is 3. The predicted molar refractivity (Wildman–Crippen MR) is 22.4 cm³/mol. The van der Waals surface area contributed by atoms with Crippen molar-refractivity contribution in [1.82, 2.24) is 0 Å². The fourth-order valence-electron chi connectivity index (χ4n) is 0.271. The van der Waals surface area contributed by atoms with E-state index in [1.54, 1.807) is 0 Å². The fraction of sp³-hybridized carbons (Fsp3) is 1.00. The largest absolute Gasteiger partial charge is 0.871 e. The Morgan fingerprint density at radius 1 is 1.30 bits per heavy atom. The first-order valence-corrected chi connectivity index (χ1v) is 2.42. The first kappa shape index (κ1) is 9.73. The van der Waals surface area contributed by atoms with Crippen molar-refractivity contribution < 1.29 is 27.9 Å². The Hall–Kier alpha value is -0.265. The third kappa shape index (κ3) is 7.73. The van der Waals surface area contributed by atoms with Gasteiger partial charge in [0.1, 0.15) is 0 Å². The lowest BCUT2D eigenvalue weighted by atomic mass is 10.2. The number of alkyl halides is 3. The van der Waals surface area contributed by atoms with Crippen LogP contribution in [0, 0.1) is 0 Å². The van der Waals surface area contributed by atoms with Crippen LogP contribution in [-0.2, 0) is 4.65 Å². The molecule has 0 N–H and O–H groups in total. The van der Waals surface area contributed by atoms with Crippen LogP contribution < -0.4 is 10.0 Å². The molecule has 0 spiro atoms. The summed E-state index contributed by atoms with van der Waals surface area (Å²) in [5.74, 6) is 0. The van der Waals surface area contributed by atoms with Crippen molar-refractivity contribution in [3.8, 4) is 0 Å². The summed E-state index contributed by atoms with van der Waals surface area (Å²) in [7, 11) is -2.62. The van der Waals surface area contributed by atoms with Gasteiger partial charge < -0.3 is 14.7 Å². The van der Waals surface area contributed by atoms with E-state index in [1.165, 1.54) is 0 Å². The van der Waals surface area contributed by atoms with Gasteiger partial charge in [0.2, 0.25) is 0 Å². The maximum Gasteiger partial charge on any atom is 0.391 e. The minimum Gasteiger partial charge on any atom is -0.871 e. The molecule has 0 aliphatic carbocycles. The lowest BCUT2D eigenvalue weighted by molar-refractivity contribution is -0.382. The van der Waals surface area contributed by atoms with Crippen LogP contribution >= 0.6 is 0 Å². The summed E-state index contributed by atoms with van der Waals surface area (Å²) in [6, 6.07) is 0. The molecule has 0 amide bonds. The molecule has 0 aliphatic heterocycles. The maximum absolute atomic E-state index is 11.2. The van der Waals surface area contributed by atoms with Gasteiger partial charge in [0.05, 0.1) is 13.7 Å². The average molecular weight is 156 g/mol. The van der Waals surface area contributed by atoms with Crippen molar-refractivity contribution in [2.24, 2.45) is 0 Å². The normalized spacial score (nSPS) is 11.7. The zero-order valence-corrected chi connectivity index (χ0v) is 4.85. The Morgan fingerprint density at radius 2 is 1.80 bits per heavy atom. The van der Waals surface area contributed by atoms with Gasteiger partial charge in [-0.05, 0) is 0 Å². The highest BCUT2D eigenvalue weighted by Gasteiger charge is 2.25. The smallest absolute Gasteiger partial charge is 0.391 e. The minimum absolute atomic E-state index is 0.860. The Bertz CT molecular complexity index is 93.5. The highest BCUT2D eigenvalue weighted by Crippen LogP contribution is 2.18. The van der Waals surface area contributed by atoms with Gasteiger partial charge in [0.25, 0.3) is 0 Å². The van der Waals surface area contributed by atoms with E-state index in [0.29, 0.717) is 0 Å². The van der Waals surface area contributed by atoms with Crippen molar-refractivity contribution in [2.75, 3.05) is 6.61 Å². The standard InChI is InChI=1S/C3H4BF3O3/c5-3(6,7)1-2-10-4(8)9/h1-2H2/q-2. The van der Waals surface area contributed by atoms with Gasteiger partial charge in [-0.25, -0.2) is 0 Å². The quantitative estimate of drug-likeness (QED) is 0.475. The fourth-order valence-corrected chi connectivity index (χ4v) is 0.271. The van der Waals surface area contributed by atoms with Gasteiger partial charge in [-0.2, -0.15) is 13.2 Å². The number of rotatable bonds is 3. The van der Waals surface area contributed by atoms with Crippen LogP contribution in [0.15, 0.2) is 0 Å². The molecule has 0 heterocycles. The second-order valence-electron chi connectivity index (χ2n) is 1.52. The molecule has 0 rings (SSSR count). The summed E-state index contributed by atoms with van der Waals surface area (Å²) in [5, 5.41) is 18.9. The highest BCUT2D eigenvalue weighted by molar-refractivity contribution is 6.28. The van der Waals surface area contributed by atoms with Gasteiger partial charge in [-0.3, -0.25) is 0 Å². The molecule has 7 heteroatoms. The summed E-state index contributed by atoms with van der Waals surface area (Å²) in [5.41, 5.74) is 0. The third-order valence-electron chi connectivity index (χ3n) is 0.639. The lowest BCUT2D eigenvalue weighted by Gasteiger charge is -2.25. The minimum atomic E-state index is -4.37. The van der Waals surface area contributed by atoms with Crippen LogP contribution in [-0.4, -0.2) is 20.1 Å². The van der Waals surface area contributed by atoms with Crippen molar-refractivity contribution >= 4 is 7.32 Å². The third-order valence-corrected chi connectivity index (χ3v) is 0.639. The van der Waals surface area contributed by atoms with Crippen LogP contribution in [0.1, 0.15) is 6.42 Å². The molecule has 0 atom stereocenters. The molecular weight excluding hydrogens is 152 g/mol. The molecule has 0 bridgehead atoms. The molecule has 0 aromatic carbocycles. The van der Waals surface area contributed by atoms with E-state index < -0.39 is 26.5 Å². The van der Waals surface area contributed by atoms with Gasteiger partial charge >= 0.3 is 6.18 Å². The Balaban J connectivity index is 3.21. The maximum atomic E-state index is 11.2. The summed E-state index contributed by atoms with van der Waals surface area (Å²) >= 11 is 0. The zero-order valence-electron chi connectivity index (χ0n) is 4.85. The summed E-state index contributed by atoms with van der Waals surface area (Å²) < 4.78 is 37.3. The second-order valence-corrected chi connectivity index (χ2v) is 1.52. The van der Waals surface area contributed by atoms with E-state index in [0.717, 1.165) is 0 Å². The molecule has 0 saturated carbocycles. The van der Waals surface area contributed by atoms with Gasteiger partial charge in [0.15, 0.2) is 0 Å². The molecular formula is C3H4BF3O3-2. The van der Waals surface area contributed by atoms with E-state index >= 15 is 0 Å². The van der Waals surface area contributed by atoms with Gasteiger partial charge in [-0.15, -0.1) is 0 Å². The highest BCUT2D eigenvalue weighted by atomic mass is 19.4. The van der Waals surface area contributed by atoms with Crippen molar-refractivity contribution in [3.05, 3.63) is 0 Å². The Morgan fingerprint density at radius 3 is 2.10 bits per heavy atom. The topological polar surface area (TPSA) is 55.3 Å².